The zero-order valence-corrected chi connectivity index (χ0v) is 15.6. The summed E-state index contributed by atoms with van der Waals surface area (Å²) < 4.78 is 5.62. The molecule has 0 radical (unpaired) electrons. The van der Waals surface area contributed by atoms with Crippen LogP contribution in [-0.2, 0) is 5.41 Å². The molecular weight excluding hydrogens is 300 g/mol. The number of fused-ring (bicyclic) bond motifs is 3. The third kappa shape index (κ3) is 2.21. The second-order valence-corrected chi connectivity index (χ2v) is 8.42. The van der Waals surface area contributed by atoms with Crippen molar-refractivity contribution in [3.8, 4) is 5.75 Å². The highest BCUT2D eigenvalue weighted by atomic mass is 16.5. The molecule has 0 amide bonds. The molecule has 0 spiro atoms. The van der Waals surface area contributed by atoms with Crippen LogP contribution in [0.1, 0.15) is 81.3 Å². The van der Waals surface area contributed by atoms with Gasteiger partial charge in [-0.2, -0.15) is 0 Å². The molecule has 2 aliphatic carbocycles. The van der Waals surface area contributed by atoms with E-state index in [-0.39, 0.29) is 28.3 Å². The highest BCUT2D eigenvalue weighted by Gasteiger charge is 2.50. The number of hydrogen-bond acceptors (Lipinski definition) is 3. The Morgan fingerprint density at radius 1 is 1.17 bits per heavy atom. The van der Waals surface area contributed by atoms with Gasteiger partial charge in [0.2, 0.25) is 5.78 Å². The fraction of sp³-hybridized carbons (Fsp3) is 0.571. The highest BCUT2D eigenvalue weighted by molar-refractivity contribution is 6.11. The van der Waals surface area contributed by atoms with Crippen molar-refractivity contribution in [3.63, 3.8) is 0 Å². The third-order valence-corrected chi connectivity index (χ3v) is 5.99. The van der Waals surface area contributed by atoms with Crippen molar-refractivity contribution in [2.24, 2.45) is 5.41 Å². The van der Waals surface area contributed by atoms with Crippen LogP contribution in [0.4, 0.5) is 0 Å². The van der Waals surface area contributed by atoms with Crippen molar-refractivity contribution < 1.29 is 14.6 Å². The molecule has 0 aromatic heterocycles. The first-order valence-corrected chi connectivity index (χ1v) is 8.85. The Balaban J connectivity index is 2.33. The third-order valence-electron chi connectivity index (χ3n) is 5.99. The zero-order valence-electron chi connectivity index (χ0n) is 15.6. The summed E-state index contributed by atoms with van der Waals surface area (Å²) in [5.74, 6) is 0.814. The largest absolute Gasteiger partial charge is 0.504 e. The van der Waals surface area contributed by atoms with E-state index in [0.717, 1.165) is 41.7 Å². The summed E-state index contributed by atoms with van der Waals surface area (Å²) in [5.41, 5.74) is 3.08. The molecule has 3 rings (SSSR count). The molecule has 1 fully saturated rings. The van der Waals surface area contributed by atoms with Crippen molar-refractivity contribution in [2.75, 3.05) is 7.11 Å². The SMILES string of the molecule is COc1cc2c(cc1C(C)C)C(=O)C(O)=C1C(C)(C)CCC[C@@]12C. The van der Waals surface area contributed by atoms with Crippen LogP contribution in [0.25, 0.3) is 0 Å². The lowest BCUT2D eigenvalue weighted by atomic mass is 9.54. The van der Waals surface area contributed by atoms with Gasteiger partial charge >= 0.3 is 0 Å². The van der Waals surface area contributed by atoms with Crippen molar-refractivity contribution in [1.82, 2.24) is 0 Å². The van der Waals surface area contributed by atoms with Gasteiger partial charge in [-0.15, -0.1) is 0 Å². The topological polar surface area (TPSA) is 46.5 Å². The van der Waals surface area contributed by atoms with Crippen LogP contribution < -0.4 is 4.74 Å². The molecule has 0 saturated heterocycles. The lowest BCUT2D eigenvalue weighted by Crippen LogP contribution is -2.43. The van der Waals surface area contributed by atoms with Gasteiger partial charge in [-0.1, -0.05) is 41.0 Å². The van der Waals surface area contributed by atoms with Gasteiger partial charge in [0.15, 0.2) is 5.76 Å². The summed E-state index contributed by atoms with van der Waals surface area (Å²) in [5, 5.41) is 10.8. The number of rotatable bonds is 2. The molecule has 1 aromatic rings. The molecule has 1 aromatic carbocycles. The Labute approximate surface area is 144 Å². The van der Waals surface area contributed by atoms with Gasteiger partial charge in [0.05, 0.1) is 7.11 Å². The van der Waals surface area contributed by atoms with Crippen LogP contribution in [0.2, 0.25) is 0 Å². The molecule has 1 saturated carbocycles. The lowest BCUT2D eigenvalue weighted by Gasteiger charge is -2.49. The summed E-state index contributed by atoms with van der Waals surface area (Å²) >= 11 is 0. The molecule has 1 atom stereocenters. The Hall–Kier alpha value is -1.77. The molecule has 2 aliphatic rings. The number of allylic oxidation sites excluding steroid dienone is 2. The van der Waals surface area contributed by atoms with Crippen LogP contribution in [0.15, 0.2) is 23.5 Å². The molecule has 1 N–H and O–H groups in total. The second-order valence-electron chi connectivity index (χ2n) is 8.42. The smallest absolute Gasteiger partial charge is 0.227 e. The number of ether oxygens (including phenoxy) is 1. The number of methoxy groups -OCH3 is 1. The molecule has 24 heavy (non-hydrogen) atoms. The van der Waals surface area contributed by atoms with Crippen molar-refractivity contribution in [3.05, 3.63) is 40.2 Å². The van der Waals surface area contributed by atoms with Crippen LogP contribution >= 0.6 is 0 Å². The van der Waals surface area contributed by atoms with Gasteiger partial charge in [0, 0.05) is 11.0 Å². The van der Waals surface area contributed by atoms with E-state index in [1.54, 1.807) is 7.11 Å². The van der Waals surface area contributed by atoms with Crippen LogP contribution in [-0.4, -0.2) is 18.0 Å². The molecule has 0 bridgehead atoms. The summed E-state index contributed by atoms with van der Waals surface area (Å²) in [4.78, 5) is 12.9. The van der Waals surface area contributed by atoms with Gasteiger partial charge in [-0.25, -0.2) is 0 Å². The van der Waals surface area contributed by atoms with Crippen LogP contribution in [0, 0.1) is 5.41 Å². The molecule has 3 heteroatoms. The van der Waals surface area contributed by atoms with Gasteiger partial charge in [0.25, 0.3) is 0 Å². The normalized spacial score (nSPS) is 25.5. The van der Waals surface area contributed by atoms with Gasteiger partial charge in [-0.05, 0) is 53.0 Å². The second kappa shape index (κ2) is 5.37. The minimum Gasteiger partial charge on any atom is -0.504 e. The fourth-order valence-corrected chi connectivity index (χ4v) is 4.84. The quantitative estimate of drug-likeness (QED) is 0.802. The number of carbonyl (C=O) groups is 1. The van der Waals surface area contributed by atoms with E-state index in [1.165, 1.54) is 0 Å². The van der Waals surface area contributed by atoms with E-state index in [0.29, 0.717) is 5.56 Å². The number of Topliss-reactive ketones (excluding diaryl/α,β-unsaturated/α-hetero) is 1. The van der Waals surface area contributed by atoms with E-state index in [2.05, 4.69) is 34.6 Å². The average Bonchev–Trinajstić information content (AvgIpc) is 2.50. The first-order valence-electron chi connectivity index (χ1n) is 8.85. The number of carbonyl (C=O) groups excluding carboxylic acids is 1. The molecule has 0 heterocycles. The first kappa shape index (κ1) is 17.1. The van der Waals surface area contributed by atoms with E-state index in [1.807, 2.05) is 12.1 Å². The monoisotopic (exact) mass is 328 g/mol. The standard InChI is InChI=1S/C21H28O3/c1-12(2)13-10-14-15(11-16(13)24-6)21(5)9-7-8-20(3,4)19(21)18(23)17(14)22/h10-12,23H,7-9H2,1-6H3/t21-/m1/s1. The van der Waals surface area contributed by atoms with Crippen LogP contribution in [0.3, 0.4) is 0 Å². The van der Waals surface area contributed by atoms with Crippen molar-refractivity contribution >= 4 is 5.78 Å². The first-order chi connectivity index (χ1) is 11.1. The summed E-state index contributed by atoms with van der Waals surface area (Å²) in [6.45, 7) is 10.6. The number of ketones is 1. The van der Waals surface area contributed by atoms with Crippen molar-refractivity contribution in [1.29, 1.82) is 0 Å². The number of aliphatic hydroxyl groups excluding tert-OH is 1. The van der Waals surface area contributed by atoms with Gasteiger partial charge in [-0.3, -0.25) is 4.79 Å². The Morgan fingerprint density at radius 2 is 1.83 bits per heavy atom. The van der Waals surface area contributed by atoms with Crippen LogP contribution in [0.5, 0.6) is 5.75 Å². The maximum atomic E-state index is 12.9. The fourth-order valence-electron chi connectivity index (χ4n) is 4.84. The summed E-state index contributed by atoms with van der Waals surface area (Å²) in [6, 6.07) is 3.97. The number of hydrogen-bond donors (Lipinski definition) is 1. The summed E-state index contributed by atoms with van der Waals surface area (Å²) in [7, 11) is 1.68. The number of aliphatic hydroxyl groups is 1. The maximum absolute atomic E-state index is 12.9. The molecule has 0 aliphatic heterocycles. The van der Waals surface area contributed by atoms with Crippen molar-refractivity contribution in [2.45, 2.75) is 65.2 Å². The average molecular weight is 328 g/mol. The van der Waals surface area contributed by atoms with E-state index >= 15 is 0 Å². The molecule has 130 valence electrons. The summed E-state index contributed by atoms with van der Waals surface area (Å²) in [6.07, 6.45) is 3.02. The Bertz CT molecular complexity index is 740. The lowest BCUT2D eigenvalue weighted by molar-refractivity contribution is 0.0940. The minimum absolute atomic E-state index is 0.0328. The minimum atomic E-state index is -0.308. The van der Waals surface area contributed by atoms with E-state index in [9.17, 15) is 9.90 Å². The van der Waals surface area contributed by atoms with Gasteiger partial charge < -0.3 is 9.84 Å². The van der Waals surface area contributed by atoms with Gasteiger partial charge in [0.1, 0.15) is 5.75 Å². The van der Waals surface area contributed by atoms with E-state index in [4.69, 9.17) is 4.74 Å². The van der Waals surface area contributed by atoms with E-state index < -0.39 is 0 Å². The predicted molar refractivity (Wildman–Crippen MR) is 96.1 cm³/mol. The molecule has 0 unspecified atom stereocenters. The predicted octanol–water partition coefficient (Wildman–Crippen LogP) is 5.29. The zero-order chi connectivity index (χ0) is 17.9. The molecule has 3 nitrogen and oxygen atoms in total. The maximum Gasteiger partial charge on any atom is 0.227 e. The number of benzene rings is 1. The Kier molecular flexibility index (Phi) is 3.82. The molecular formula is C21H28O3. The highest BCUT2D eigenvalue weighted by Crippen LogP contribution is 2.56. The Morgan fingerprint density at radius 3 is 2.42 bits per heavy atom.